The lowest BCUT2D eigenvalue weighted by Gasteiger charge is -2.05. The normalized spacial score (nSPS) is 10.5. The topological polar surface area (TPSA) is 121 Å². The Balaban J connectivity index is 1.90. The van der Waals surface area contributed by atoms with Crippen LogP contribution in [0.1, 0.15) is 17.0 Å². The van der Waals surface area contributed by atoms with E-state index >= 15 is 0 Å². The Hall–Kier alpha value is -3.62. The summed E-state index contributed by atoms with van der Waals surface area (Å²) in [6.45, 7) is -0.369. The largest absolute Gasteiger partial charge is 0.504 e. The molecule has 0 fully saturated rings. The first-order valence-electron chi connectivity index (χ1n) is 7.42. The van der Waals surface area contributed by atoms with Gasteiger partial charge in [0.1, 0.15) is 13.2 Å². The molecule has 9 nitrogen and oxygen atoms in total. The molecule has 0 radical (unpaired) electrons. The van der Waals surface area contributed by atoms with Gasteiger partial charge in [0.25, 0.3) is 5.09 Å². The van der Waals surface area contributed by atoms with E-state index in [1.165, 1.54) is 25.3 Å². The van der Waals surface area contributed by atoms with Gasteiger partial charge in [-0.1, -0.05) is 12.1 Å². The van der Waals surface area contributed by atoms with Crippen molar-refractivity contribution in [1.29, 1.82) is 0 Å². The highest BCUT2D eigenvalue weighted by molar-refractivity contribution is 5.87. The number of ether oxygens (including phenoxy) is 2. The third-order valence-electron chi connectivity index (χ3n) is 3.16. The fourth-order valence-electron chi connectivity index (χ4n) is 1.96. The second kappa shape index (κ2) is 9.02. The fourth-order valence-corrected chi connectivity index (χ4v) is 1.96. The Morgan fingerprint density at radius 2 is 2.00 bits per heavy atom. The van der Waals surface area contributed by atoms with Crippen LogP contribution in [-0.4, -0.2) is 28.3 Å². The zero-order chi connectivity index (χ0) is 18.9. The van der Waals surface area contributed by atoms with Crippen LogP contribution in [0.25, 0.3) is 6.08 Å². The number of aromatic nitrogens is 1. The number of phenols is 1. The number of aromatic hydroxyl groups is 1. The third kappa shape index (κ3) is 5.78. The molecule has 1 N–H and O–H groups in total. The maximum Gasteiger partial charge on any atom is 0.331 e. The van der Waals surface area contributed by atoms with E-state index in [2.05, 4.69) is 9.82 Å². The number of benzene rings is 1. The first-order chi connectivity index (χ1) is 12.5. The van der Waals surface area contributed by atoms with Crippen LogP contribution in [0.4, 0.5) is 0 Å². The number of hydrogen-bond acceptors (Lipinski definition) is 8. The number of methoxy groups -OCH3 is 1. The Morgan fingerprint density at radius 1 is 1.27 bits per heavy atom. The molecule has 9 heteroatoms. The molecule has 0 aliphatic heterocycles. The van der Waals surface area contributed by atoms with Crippen LogP contribution < -0.4 is 4.74 Å². The molecule has 2 rings (SSSR count). The lowest BCUT2D eigenvalue weighted by Crippen LogP contribution is -2.06. The van der Waals surface area contributed by atoms with E-state index in [1.54, 1.807) is 30.3 Å². The molecule has 0 bridgehead atoms. The van der Waals surface area contributed by atoms with Gasteiger partial charge in [-0.25, -0.2) is 4.79 Å². The Labute approximate surface area is 148 Å². The maximum atomic E-state index is 11.8. The van der Waals surface area contributed by atoms with Crippen molar-refractivity contribution in [2.24, 2.45) is 0 Å². The summed E-state index contributed by atoms with van der Waals surface area (Å²) in [5.74, 6) is -0.302. The highest BCUT2D eigenvalue weighted by atomic mass is 16.9. The molecule has 26 heavy (non-hydrogen) atoms. The Bertz CT molecular complexity index is 821. The summed E-state index contributed by atoms with van der Waals surface area (Å²) in [6, 6.07) is 9.45. The lowest BCUT2D eigenvalue weighted by atomic mass is 10.2. The van der Waals surface area contributed by atoms with Crippen LogP contribution in [0, 0.1) is 10.1 Å². The molecule has 0 unspecified atom stereocenters. The molecule has 1 aromatic carbocycles. The molecule has 0 aliphatic carbocycles. The minimum atomic E-state index is -0.905. The van der Waals surface area contributed by atoms with Crippen LogP contribution in [0.2, 0.25) is 0 Å². The molecule has 0 saturated heterocycles. The van der Waals surface area contributed by atoms with E-state index < -0.39 is 11.1 Å². The van der Waals surface area contributed by atoms with Gasteiger partial charge in [-0.15, -0.1) is 10.1 Å². The van der Waals surface area contributed by atoms with Crippen LogP contribution in [0.3, 0.4) is 0 Å². The Kier molecular flexibility index (Phi) is 6.49. The Morgan fingerprint density at radius 3 is 2.69 bits per heavy atom. The summed E-state index contributed by atoms with van der Waals surface area (Å²) < 4.78 is 10.1. The highest BCUT2D eigenvalue weighted by Crippen LogP contribution is 2.26. The van der Waals surface area contributed by atoms with Gasteiger partial charge in [-0.2, -0.15) is 0 Å². The number of esters is 1. The third-order valence-corrected chi connectivity index (χ3v) is 3.16. The number of hydrogen-bond donors (Lipinski definition) is 1. The predicted octanol–water partition coefficient (Wildman–Crippen LogP) is 2.26. The number of rotatable bonds is 8. The smallest absolute Gasteiger partial charge is 0.331 e. The van der Waals surface area contributed by atoms with E-state index in [0.29, 0.717) is 22.7 Å². The second-order valence-corrected chi connectivity index (χ2v) is 4.99. The SMILES string of the molecule is COc1cc(C=CC(=O)OCc2cccc(CO[N+](=O)[O-])n2)ccc1O. The molecule has 0 atom stereocenters. The molecular formula is C17H16N2O7. The van der Waals surface area contributed by atoms with Gasteiger partial charge in [0.15, 0.2) is 11.5 Å². The van der Waals surface area contributed by atoms with Gasteiger partial charge in [-0.05, 0) is 35.9 Å². The first-order valence-corrected chi connectivity index (χ1v) is 7.42. The standard InChI is InChI=1S/C17H16N2O7/c1-24-16-9-12(5-7-15(16)20)6-8-17(21)25-10-13-3-2-4-14(18-13)11-26-19(22)23/h2-9,20H,10-11H2,1H3. The molecule has 0 saturated carbocycles. The molecule has 136 valence electrons. The van der Waals surface area contributed by atoms with Crippen molar-refractivity contribution in [3.63, 3.8) is 0 Å². The zero-order valence-electron chi connectivity index (χ0n) is 13.8. The molecule has 0 aliphatic rings. The highest BCUT2D eigenvalue weighted by Gasteiger charge is 2.05. The fraction of sp³-hybridized carbons (Fsp3) is 0.176. The van der Waals surface area contributed by atoms with Crippen molar-refractivity contribution in [1.82, 2.24) is 4.98 Å². The molecule has 2 aromatic rings. The molecule has 0 spiro atoms. The number of pyridine rings is 1. The minimum Gasteiger partial charge on any atom is -0.504 e. The van der Waals surface area contributed by atoms with Gasteiger partial charge in [0.2, 0.25) is 0 Å². The van der Waals surface area contributed by atoms with E-state index in [0.717, 1.165) is 0 Å². The molecular weight excluding hydrogens is 344 g/mol. The van der Waals surface area contributed by atoms with E-state index in [4.69, 9.17) is 9.47 Å². The number of phenolic OH excluding ortho intramolecular Hbond substituents is 1. The molecule has 0 amide bonds. The van der Waals surface area contributed by atoms with Gasteiger partial charge in [0, 0.05) is 6.08 Å². The van der Waals surface area contributed by atoms with Crippen LogP contribution in [0.15, 0.2) is 42.5 Å². The number of carbonyl (C=O) groups excluding carboxylic acids is 1. The summed E-state index contributed by atoms with van der Waals surface area (Å²) in [4.78, 5) is 30.3. The summed E-state index contributed by atoms with van der Waals surface area (Å²) in [7, 11) is 1.43. The molecule has 1 heterocycles. The minimum absolute atomic E-state index is 0.000702. The molecule has 1 aromatic heterocycles. The van der Waals surface area contributed by atoms with Crippen molar-refractivity contribution in [3.05, 3.63) is 69.5 Å². The van der Waals surface area contributed by atoms with Gasteiger partial charge >= 0.3 is 5.97 Å². The van der Waals surface area contributed by atoms with Crippen molar-refractivity contribution in [3.8, 4) is 11.5 Å². The van der Waals surface area contributed by atoms with Gasteiger partial charge in [0.05, 0.1) is 18.5 Å². The van der Waals surface area contributed by atoms with Crippen LogP contribution in [-0.2, 0) is 27.6 Å². The van der Waals surface area contributed by atoms with Crippen molar-refractivity contribution >= 4 is 12.0 Å². The lowest BCUT2D eigenvalue weighted by molar-refractivity contribution is -0.763. The summed E-state index contributed by atoms with van der Waals surface area (Å²) >= 11 is 0. The first kappa shape index (κ1) is 18.7. The summed E-state index contributed by atoms with van der Waals surface area (Å²) in [5.41, 5.74) is 1.43. The average Bonchev–Trinajstić information content (AvgIpc) is 2.64. The second-order valence-electron chi connectivity index (χ2n) is 4.99. The maximum absolute atomic E-state index is 11.8. The summed E-state index contributed by atoms with van der Waals surface area (Å²) in [5, 5.41) is 18.8. The van der Waals surface area contributed by atoms with E-state index in [1.807, 2.05) is 0 Å². The van der Waals surface area contributed by atoms with Crippen molar-refractivity contribution < 1.29 is 29.3 Å². The number of nitrogens with zero attached hydrogens (tertiary/aromatic N) is 2. The zero-order valence-corrected chi connectivity index (χ0v) is 13.8. The van der Waals surface area contributed by atoms with E-state index in [-0.39, 0.29) is 19.0 Å². The predicted molar refractivity (Wildman–Crippen MR) is 89.5 cm³/mol. The number of carbonyl (C=O) groups is 1. The van der Waals surface area contributed by atoms with Crippen molar-refractivity contribution in [2.75, 3.05) is 7.11 Å². The van der Waals surface area contributed by atoms with Gasteiger partial charge in [-0.3, -0.25) is 4.98 Å². The summed E-state index contributed by atoms with van der Waals surface area (Å²) in [6.07, 6.45) is 2.74. The van der Waals surface area contributed by atoms with Crippen LogP contribution in [0.5, 0.6) is 11.5 Å². The van der Waals surface area contributed by atoms with E-state index in [9.17, 15) is 20.0 Å². The quantitative estimate of drug-likeness (QED) is 0.329. The van der Waals surface area contributed by atoms with Crippen molar-refractivity contribution in [2.45, 2.75) is 13.2 Å². The van der Waals surface area contributed by atoms with Crippen LogP contribution >= 0.6 is 0 Å². The monoisotopic (exact) mass is 360 g/mol. The van der Waals surface area contributed by atoms with Gasteiger partial charge < -0.3 is 19.4 Å². The average molecular weight is 360 g/mol.